The quantitative estimate of drug-likeness (QED) is 0.743. The van der Waals surface area contributed by atoms with Crippen LogP contribution in [0.1, 0.15) is 10.4 Å². The molecule has 0 aromatic heterocycles. The Labute approximate surface area is 91.0 Å². The van der Waals surface area contributed by atoms with Gasteiger partial charge in [0.15, 0.2) is 5.75 Å². The van der Waals surface area contributed by atoms with Crippen molar-refractivity contribution in [3.05, 3.63) is 27.7 Å². The third-order valence-electron chi connectivity index (χ3n) is 1.92. The van der Waals surface area contributed by atoms with Gasteiger partial charge < -0.3 is 10.1 Å². The molecule has 1 aliphatic rings. The average molecular weight is 232 g/mol. The van der Waals surface area contributed by atoms with Crippen LogP contribution in [0.5, 0.6) is 5.75 Å². The molecule has 1 aromatic carbocycles. The lowest BCUT2D eigenvalue weighted by Gasteiger charge is -2.08. The van der Waals surface area contributed by atoms with Gasteiger partial charge in [-0.15, -0.1) is 0 Å². The summed E-state index contributed by atoms with van der Waals surface area (Å²) in [5.74, 6) is 0.124. The molecule has 0 atom stereocenters. The molecule has 0 fully saturated rings. The van der Waals surface area contributed by atoms with E-state index in [0.29, 0.717) is 34.5 Å². The maximum Gasteiger partial charge on any atom is 0.256 e. The van der Waals surface area contributed by atoms with Crippen LogP contribution in [0.25, 0.3) is 0 Å². The van der Waals surface area contributed by atoms with Crippen LogP contribution in [0.15, 0.2) is 12.1 Å². The summed E-state index contributed by atoms with van der Waals surface area (Å²) in [5.41, 5.74) is 0.316. The van der Waals surface area contributed by atoms with E-state index in [0.717, 1.165) is 0 Å². The summed E-state index contributed by atoms with van der Waals surface area (Å²) in [4.78, 5) is 11.5. The number of carbonyl (C=O) groups excluding carboxylic acids is 1. The van der Waals surface area contributed by atoms with Crippen molar-refractivity contribution in [2.45, 2.75) is 0 Å². The van der Waals surface area contributed by atoms with E-state index >= 15 is 0 Å². The van der Waals surface area contributed by atoms with Crippen molar-refractivity contribution in [3.8, 4) is 5.75 Å². The van der Waals surface area contributed by atoms with Gasteiger partial charge in [-0.1, -0.05) is 23.2 Å². The third-order valence-corrected chi connectivity index (χ3v) is 2.53. The summed E-state index contributed by atoms with van der Waals surface area (Å²) in [7, 11) is 0. The summed E-state index contributed by atoms with van der Waals surface area (Å²) in [6.45, 7) is 0.860. The molecule has 1 aliphatic heterocycles. The summed E-state index contributed by atoms with van der Waals surface area (Å²) >= 11 is 11.8. The molecule has 2 rings (SSSR count). The maximum absolute atomic E-state index is 11.5. The lowest BCUT2D eigenvalue weighted by Crippen LogP contribution is -2.24. The van der Waals surface area contributed by atoms with Gasteiger partial charge in [0, 0.05) is 0 Å². The molecule has 0 aliphatic carbocycles. The van der Waals surface area contributed by atoms with Crippen LogP contribution < -0.4 is 10.1 Å². The van der Waals surface area contributed by atoms with Crippen molar-refractivity contribution < 1.29 is 9.53 Å². The monoisotopic (exact) mass is 231 g/mol. The molecule has 0 radical (unpaired) electrons. The van der Waals surface area contributed by atoms with Gasteiger partial charge in [0.1, 0.15) is 12.2 Å². The van der Waals surface area contributed by atoms with Crippen LogP contribution in [0.4, 0.5) is 0 Å². The van der Waals surface area contributed by atoms with E-state index in [-0.39, 0.29) is 5.91 Å². The number of benzene rings is 1. The Kier molecular flexibility index (Phi) is 2.52. The molecule has 0 saturated heterocycles. The van der Waals surface area contributed by atoms with E-state index in [4.69, 9.17) is 27.9 Å². The minimum Gasteiger partial charge on any atom is -0.489 e. The summed E-state index contributed by atoms with van der Waals surface area (Å²) in [5, 5.41) is 3.42. The predicted octanol–water partition coefficient (Wildman–Crippen LogP) is 2.12. The topological polar surface area (TPSA) is 38.3 Å². The van der Waals surface area contributed by atoms with Gasteiger partial charge in [0.2, 0.25) is 0 Å². The molecule has 0 spiro atoms. The number of halogens is 2. The minimum atomic E-state index is -0.245. The Morgan fingerprint density at radius 2 is 2.00 bits per heavy atom. The van der Waals surface area contributed by atoms with Gasteiger partial charge in [-0.3, -0.25) is 4.79 Å². The van der Waals surface area contributed by atoms with Crippen molar-refractivity contribution >= 4 is 29.1 Å². The summed E-state index contributed by atoms with van der Waals surface area (Å²) in [6.07, 6.45) is 0. The molecule has 1 aromatic rings. The number of hydrogen-bond acceptors (Lipinski definition) is 2. The van der Waals surface area contributed by atoms with Gasteiger partial charge in [0.05, 0.1) is 16.6 Å². The van der Waals surface area contributed by atoms with E-state index < -0.39 is 0 Å². The zero-order valence-electron chi connectivity index (χ0n) is 7.14. The zero-order valence-corrected chi connectivity index (χ0v) is 8.65. The molecular formula is C9H7Cl2NO2. The summed E-state index contributed by atoms with van der Waals surface area (Å²) in [6, 6.07) is 3.19. The molecule has 14 heavy (non-hydrogen) atoms. The van der Waals surface area contributed by atoms with Crippen LogP contribution in [-0.2, 0) is 0 Å². The lowest BCUT2D eigenvalue weighted by molar-refractivity contribution is 0.0957. The van der Waals surface area contributed by atoms with Crippen LogP contribution >= 0.6 is 23.2 Å². The molecule has 1 heterocycles. The van der Waals surface area contributed by atoms with Gasteiger partial charge in [0.25, 0.3) is 5.91 Å². The Hall–Kier alpha value is -0.930. The predicted molar refractivity (Wildman–Crippen MR) is 54.3 cm³/mol. The number of nitrogens with one attached hydrogen (secondary N) is 1. The van der Waals surface area contributed by atoms with Gasteiger partial charge in [-0.25, -0.2) is 0 Å². The largest absolute Gasteiger partial charge is 0.489 e. The summed E-state index contributed by atoms with van der Waals surface area (Å²) < 4.78 is 5.33. The molecule has 3 nitrogen and oxygen atoms in total. The number of carbonyl (C=O) groups is 1. The first-order valence-electron chi connectivity index (χ1n) is 4.09. The van der Waals surface area contributed by atoms with Crippen molar-refractivity contribution in [2.24, 2.45) is 0 Å². The van der Waals surface area contributed by atoms with Gasteiger partial charge >= 0.3 is 0 Å². The maximum atomic E-state index is 11.5. The van der Waals surface area contributed by atoms with E-state index in [1.165, 1.54) is 0 Å². The molecule has 5 heteroatoms. The highest BCUT2D eigenvalue weighted by molar-refractivity contribution is 6.37. The molecule has 0 saturated carbocycles. The lowest BCUT2D eigenvalue weighted by atomic mass is 10.2. The fourth-order valence-corrected chi connectivity index (χ4v) is 1.74. The third kappa shape index (κ3) is 1.53. The van der Waals surface area contributed by atoms with Gasteiger partial charge in [-0.05, 0) is 12.1 Å². The van der Waals surface area contributed by atoms with Crippen LogP contribution in [-0.4, -0.2) is 19.1 Å². The second-order valence-electron chi connectivity index (χ2n) is 2.84. The zero-order chi connectivity index (χ0) is 10.1. The SMILES string of the molecule is O=C1NCCOc2c(Cl)ccc(Cl)c21. The van der Waals surface area contributed by atoms with E-state index in [2.05, 4.69) is 5.32 Å². The number of fused-ring (bicyclic) bond motifs is 1. The van der Waals surface area contributed by atoms with Crippen molar-refractivity contribution in [1.82, 2.24) is 5.32 Å². The number of rotatable bonds is 0. The van der Waals surface area contributed by atoms with E-state index in [1.807, 2.05) is 0 Å². The normalized spacial score (nSPS) is 15.1. The van der Waals surface area contributed by atoms with Crippen molar-refractivity contribution in [2.75, 3.05) is 13.2 Å². The molecule has 0 unspecified atom stereocenters. The fourth-order valence-electron chi connectivity index (χ4n) is 1.29. The van der Waals surface area contributed by atoms with E-state index in [9.17, 15) is 4.79 Å². The average Bonchev–Trinajstić information content (AvgIpc) is 2.35. The molecule has 1 N–H and O–H groups in total. The second kappa shape index (κ2) is 3.67. The van der Waals surface area contributed by atoms with Crippen molar-refractivity contribution in [1.29, 1.82) is 0 Å². The first-order chi connectivity index (χ1) is 6.70. The van der Waals surface area contributed by atoms with Gasteiger partial charge in [-0.2, -0.15) is 0 Å². The fraction of sp³-hybridized carbons (Fsp3) is 0.222. The number of hydrogen-bond donors (Lipinski definition) is 1. The highest BCUT2D eigenvalue weighted by Gasteiger charge is 2.21. The first kappa shape index (κ1) is 9.62. The molecular weight excluding hydrogens is 225 g/mol. The molecule has 1 amide bonds. The Balaban J connectivity index is 2.62. The minimum absolute atomic E-state index is 0.245. The van der Waals surface area contributed by atoms with Crippen LogP contribution in [0, 0.1) is 0 Å². The Morgan fingerprint density at radius 1 is 1.29 bits per heavy atom. The molecule has 74 valence electrons. The first-order valence-corrected chi connectivity index (χ1v) is 4.85. The standard InChI is InChI=1S/C9H7Cl2NO2/c10-5-1-2-6(11)8-7(5)9(13)12-3-4-14-8/h1-2H,3-4H2,(H,12,13). The highest BCUT2D eigenvalue weighted by Crippen LogP contribution is 2.34. The smallest absolute Gasteiger partial charge is 0.256 e. The van der Waals surface area contributed by atoms with Crippen molar-refractivity contribution in [3.63, 3.8) is 0 Å². The second-order valence-corrected chi connectivity index (χ2v) is 3.65. The number of amides is 1. The number of ether oxygens (including phenoxy) is 1. The highest BCUT2D eigenvalue weighted by atomic mass is 35.5. The Morgan fingerprint density at radius 3 is 2.79 bits per heavy atom. The molecule has 0 bridgehead atoms. The van der Waals surface area contributed by atoms with Crippen LogP contribution in [0.2, 0.25) is 10.0 Å². The van der Waals surface area contributed by atoms with Crippen LogP contribution in [0.3, 0.4) is 0 Å². The Bertz CT molecular complexity index is 393. The van der Waals surface area contributed by atoms with E-state index in [1.54, 1.807) is 12.1 Å².